The second kappa shape index (κ2) is 4.99. The minimum absolute atomic E-state index is 0.364. The molecule has 22 heavy (non-hydrogen) atoms. The zero-order chi connectivity index (χ0) is 14.9. The van der Waals surface area contributed by atoms with Gasteiger partial charge >= 0.3 is 5.76 Å². The molecule has 2 N–H and O–H groups in total. The van der Waals surface area contributed by atoms with E-state index in [0.29, 0.717) is 30.1 Å². The molecule has 0 spiro atoms. The van der Waals surface area contributed by atoms with E-state index in [0.717, 1.165) is 11.0 Å². The minimum Gasteiger partial charge on any atom is -0.408 e. The van der Waals surface area contributed by atoms with E-state index in [1.165, 1.54) is 6.33 Å². The van der Waals surface area contributed by atoms with Gasteiger partial charge in [0.2, 0.25) is 0 Å². The summed E-state index contributed by atoms with van der Waals surface area (Å²) in [7, 11) is 0. The standard InChI is InChI=1S/C14H12N6O2/c21-14-20(9-3-1-2-4-10(9)22-14)6-5-15-12-11-13(17-7-16-11)19-8-18-12/h1-4,7-8H,5-6H2,(H2,15,16,17,18,19). The van der Waals surface area contributed by atoms with Gasteiger partial charge in [-0.1, -0.05) is 12.1 Å². The third kappa shape index (κ3) is 2.01. The normalized spacial score (nSPS) is 11.3. The van der Waals surface area contributed by atoms with Gasteiger partial charge in [0.15, 0.2) is 17.0 Å². The van der Waals surface area contributed by atoms with Gasteiger partial charge in [0.05, 0.1) is 11.8 Å². The van der Waals surface area contributed by atoms with Crippen molar-refractivity contribution >= 4 is 28.1 Å². The Kier molecular flexibility index (Phi) is 2.85. The summed E-state index contributed by atoms with van der Waals surface area (Å²) in [4.78, 5) is 27.2. The second-order valence-corrected chi connectivity index (χ2v) is 4.74. The van der Waals surface area contributed by atoms with E-state index in [2.05, 4.69) is 25.3 Å². The quantitative estimate of drug-likeness (QED) is 0.590. The first-order valence-electron chi connectivity index (χ1n) is 6.79. The number of nitrogens with one attached hydrogen (secondary N) is 2. The van der Waals surface area contributed by atoms with E-state index in [1.54, 1.807) is 17.0 Å². The summed E-state index contributed by atoms with van der Waals surface area (Å²) in [6, 6.07) is 7.35. The van der Waals surface area contributed by atoms with E-state index in [-0.39, 0.29) is 5.76 Å². The maximum Gasteiger partial charge on any atom is 0.420 e. The van der Waals surface area contributed by atoms with Crippen LogP contribution in [0.1, 0.15) is 0 Å². The maximum absolute atomic E-state index is 11.9. The molecule has 0 radical (unpaired) electrons. The van der Waals surface area contributed by atoms with Gasteiger partial charge in [0.25, 0.3) is 0 Å². The zero-order valence-corrected chi connectivity index (χ0v) is 11.5. The van der Waals surface area contributed by atoms with E-state index in [9.17, 15) is 4.79 Å². The largest absolute Gasteiger partial charge is 0.420 e. The number of oxazole rings is 1. The molecule has 110 valence electrons. The monoisotopic (exact) mass is 296 g/mol. The Labute approximate surface area is 123 Å². The lowest BCUT2D eigenvalue weighted by molar-refractivity contribution is 0.509. The van der Waals surface area contributed by atoms with Crippen LogP contribution in [0.15, 0.2) is 46.1 Å². The van der Waals surface area contributed by atoms with Gasteiger partial charge in [-0.3, -0.25) is 4.57 Å². The number of rotatable bonds is 4. The van der Waals surface area contributed by atoms with Gasteiger partial charge in [-0.2, -0.15) is 0 Å². The van der Waals surface area contributed by atoms with Crippen molar-refractivity contribution in [2.45, 2.75) is 6.54 Å². The number of aromatic nitrogens is 5. The van der Waals surface area contributed by atoms with Gasteiger partial charge < -0.3 is 14.7 Å². The van der Waals surface area contributed by atoms with Gasteiger partial charge in [0.1, 0.15) is 11.8 Å². The maximum atomic E-state index is 11.9. The van der Waals surface area contributed by atoms with Crippen molar-refractivity contribution in [3.8, 4) is 0 Å². The molecule has 0 amide bonds. The molecule has 0 saturated heterocycles. The zero-order valence-electron chi connectivity index (χ0n) is 11.5. The highest BCUT2D eigenvalue weighted by atomic mass is 16.4. The fraction of sp³-hybridized carbons (Fsp3) is 0.143. The second-order valence-electron chi connectivity index (χ2n) is 4.74. The highest BCUT2D eigenvalue weighted by Gasteiger charge is 2.09. The minimum atomic E-state index is -0.364. The first kappa shape index (κ1) is 12.6. The summed E-state index contributed by atoms with van der Waals surface area (Å²) < 4.78 is 6.79. The van der Waals surface area contributed by atoms with E-state index in [4.69, 9.17) is 4.42 Å². The molecule has 3 heterocycles. The third-order valence-corrected chi connectivity index (χ3v) is 3.42. The number of benzene rings is 1. The molecule has 4 aromatic rings. The van der Waals surface area contributed by atoms with Crippen LogP contribution in [0.25, 0.3) is 22.3 Å². The molecule has 0 aliphatic rings. The van der Waals surface area contributed by atoms with Crippen molar-refractivity contribution in [3.63, 3.8) is 0 Å². The molecule has 0 aliphatic heterocycles. The molecule has 0 fully saturated rings. The average Bonchev–Trinajstić information content (AvgIpc) is 3.12. The fourth-order valence-corrected chi connectivity index (χ4v) is 2.41. The van der Waals surface area contributed by atoms with Crippen molar-refractivity contribution in [3.05, 3.63) is 47.5 Å². The molecular formula is C14H12N6O2. The number of hydrogen-bond acceptors (Lipinski definition) is 6. The van der Waals surface area contributed by atoms with Crippen LogP contribution in [0.3, 0.4) is 0 Å². The van der Waals surface area contributed by atoms with Gasteiger partial charge in [0, 0.05) is 13.1 Å². The van der Waals surface area contributed by atoms with Crippen molar-refractivity contribution < 1.29 is 4.42 Å². The van der Waals surface area contributed by atoms with Crippen LogP contribution in [-0.4, -0.2) is 31.0 Å². The summed E-state index contributed by atoms with van der Waals surface area (Å²) in [6.45, 7) is 0.990. The molecule has 0 unspecified atom stereocenters. The van der Waals surface area contributed by atoms with Crippen molar-refractivity contribution in [2.75, 3.05) is 11.9 Å². The Morgan fingerprint density at radius 2 is 2.14 bits per heavy atom. The molecule has 0 aliphatic carbocycles. The van der Waals surface area contributed by atoms with E-state index >= 15 is 0 Å². The van der Waals surface area contributed by atoms with Crippen LogP contribution in [-0.2, 0) is 6.54 Å². The van der Waals surface area contributed by atoms with Crippen LogP contribution < -0.4 is 11.1 Å². The third-order valence-electron chi connectivity index (χ3n) is 3.42. The molecule has 8 nitrogen and oxygen atoms in total. The topological polar surface area (TPSA) is 102 Å². The van der Waals surface area contributed by atoms with Gasteiger partial charge in [-0.05, 0) is 12.1 Å². The molecule has 8 heteroatoms. The van der Waals surface area contributed by atoms with E-state index < -0.39 is 0 Å². The fourth-order valence-electron chi connectivity index (χ4n) is 2.41. The summed E-state index contributed by atoms with van der Waals surface area (Å²) in [5, 5.41) is 3.18. The van der Waals surface area contributed by atoms with Crippen molar-refractivity contribution in [1.29, 1.82) is 0 Å². The molecule has 0 bridgehead atoms. The summed E-state index contributed by atoms with van der Waals surface area (Å²) in [5.74, 6) is 0.292. The number of aromatic amines is 1. The summed E-state index contributed by atoms with van der Waals surface area (Å²) in [5.41, 5.74) is 2.71. The Balaban J connectivity index is 1.56. The lowest BCUT2D eigenvalue weighted by atomic mass is 10.3. The number of anilines is 1. The lowest BCUT2D eigenvalue weighted by Gasteiger charge is -2.06. The van der Waals surface area contributed by atoms with Gasteiger partial charge in [-0.15, -0.1) is 0 Å². The van der Waals surface area contributed by atoms with Crippen LogP contribution in [0.2, 0.25) is 0 Å². The van der Waals surface area contributed by atoms with Crippen LogP contribution in [0.4, 0.5) is 5.82 Å². The molecule has 3 aromatic heterocycles. The smallest absolute Gasteiger partial charge is 0.408 e. The average molecular weight is 296 g/mol. The number of hydrogen-bond donors (Lipinski definition) is 2. The highest BCUT2D eigenvalue weighted by molar-refractivity contribution is 5.81. The number of H-pyrrole nitrogens is 1. The predicted molar refractivity (Wildman–Crippen MR) is 80.6 cm³/mol. The Bertz CT molecular complexity index is 999. The number of fused-ring (bicyclic) bond motifs is 2. The van der Waals surface area contributed by atoms with Crippen LogP contribution in [0, 0.1) is 0 Å². The van der Waals surface area contributed by atoms with Crippen LogP contribution >= 0.6 is 0 Å². The van der Waals surface area contributed by atoms with Crippen LogP contribution in [0.5, 0.6) is 0 Å². The Morgan fingerprint density at radius 3 is 3.09 bits per heavy atom. The first-order valence-corrected chi connectivity index (χ1v) is 6.79. The molecular weight excluding hydrogens is 284 g/mol. The number of para-hydroxylation sites is 2. The Morgan fingerprint density at radius 1 is 1.23 bits per heavy atom. The van der Waals surface area contributed by atoms with Crippen molar-refractivity contribution in [1.82, 2.24) is 24.5 Å². The van der Waals surface area contributed by atoms with Gasteiger partial charge in [-0.25, -0.2) is 19.7 Å². The number of nitrogens with zero attached hydrogens (tertiary/aromatic N) is 4. The highest BCUT2D eigenvalue weighted by Crippen LogP contribution is 2.15. The predicted octanol–water partition coefficient (Wildman–Crippen LogP) is 1.37. The van der Waals surface area contributed by atoms with E-state index in [1.807, 2.05) is 18.2 Å². The van der Waals surface area contributed by atoms with Crippen molar-refractivity contribution in [2.24, 2.45) is 0 Å². The number of imidazole rings is 1. The summed E-state index contributed by atoms with van der Waals surface area (Å²) >= 11 is 0. The molecule has 0 atom stereocenters. The Hall–Kier alpha value is -3.16. The first-order chi connectivity index (χ1) is 10.8. The summed E-state index contributed by atoms with van der Waals surface area (Å²) in [6.07, 6.45) is 3.02. The molecule has 1 aromatic carbocycles. The molecule has 0 saturated carbocycles. The lowest BCUT2D eigenvalue weighted by Crippen LogP contribution is -2.20. The SMILES string of the molecule is O=c1oc2ccccc2n1CCNc1ncnc2nc[nH]c12. The molecule has 4 rings (SSSR count).